The largest absolute Gasteiger partial charge is 0.494 e. The van der Waals surface area contributed by atoms with Gasteiger partial charge in [0, 0.05) is 11.1 Å². The van der Waals surface area contributed by atoms with Crippen LogP contribution >= 0.6 is 0 Å². The van der Waals surface area contributed by atoms with Gasteiger partial charge >= 0.3 is 0 Å². The van der Waals surface area contributed by atoms with E-state index in [1.807, 2.05) is 12.1 Å². The van der Waals surface area contributed by atoms with Gasteiger partial charge in [0.05, 0.1) is 18.1 Å². The summed E-state index contributed by atoms with van der Waals surface area (Å²) in [6.07, 6.45) is 0. The minimum atomic E-state index is -4.11. The summed E-state index contributed by atoms with van der Waals surface area (Å²) in [5, 5.41) is 28.3. The molecule has 0 spiro atoms. The number of ether oxygens (including phenoxy) is 1. The number of nitrogens with zero attached hydrogens (tertiary/aromatic N) is 4. The maximum absolute atomic E-state index is 14.3. The maximum Gasteiger partial charge on any atom is 0.238 e. The van der Waals surface area contributed by atoms with E-state index in [9.17, 15) is 18.1 Å². The van der Waals surface area contributed by atoms with Crippen molar-refractivity contribution in [2.75, 3.05) is 7.11 Å². The van der Waals surface area contributed by atoms with Crippen LogP contribution in [0.15, 0.2) is 47.4 Å². The van der Waals surface area contributed by atoms with E-state index in [2.05, 4.69) is 5.10 Å². The van der Waals surface area contributed by atoms with Crippen molar-refractivity contribution < 1.29 is 17.5 Å². The molecule has 0 bridgehead atoms. The summed E-state index contributed by atoms with van der Waals surface area (Å²) in [6.45, 7) is -0.258. The Hall–Kier alpha value is -3.73. The Labute approximate surface area is 166 Å². The molecule has 0 amide bonds. The Balaban J connectivity index is 2.40. The minimum absolute atomic E-state index is 0.00293. The molecule has 0 aliphatic rings. The van der Waals surface area contributed by atoms with Crippen molar-refractivity contribution in [3.8, 4) is 40.3 Å². The van der Waals surface area contributed by atoms with E-state index in [4.69, 9.17) is 15.1 Å². The lowest BCUT2D eigenvalue weighted by atomic mass is 9.98. The van der Waals surface area contributed by atoms with Gasteiger partial charge in [-0.25, -0.2) is 22.6 Å². The zero-order chi connectivity index (χ0) is 21.2. The second-order valence-corrected chi connectivity index (χ2v) is 7.42. The molecule has 0 saturated carbocycles. The fraction of sp³-hybridized carbons (Fsp3) is 0.105. The van der Waals surface area contributed by atoms with Gasteiger partial charge in [-0.15, -0.1) is 0 Å². The van der Waals surface area contributed by atoms with E-state index in [0.29, 0.717) is 0 Å². The number of benzene rings is 2. The van der Waals surface area contributed by atoms with Crippen LogP contribution in [-0.2, 0) is 16.6 Å². The number of hydrogen-bond donors (Lipinski definition) is 1. The van der Waals surface area contributed by atoms with Crippen molar-refractivity contribution in [2.45, 2.75) is 11.4 Å². The highest BCUT2D eigenvalue weighted by Crippen LogP contribution is 2.38. The number of hydrogen-bond acceptors (Lipinski definition) is 6. The minimum Gasteiger partial charge on any atom is -0.494 e. The van der Waals surface area contributed by atoms with Gasteiger partial charge in [0.15, 0.2) is 11.6 Å². The van der Waals surface area contributed by atoms with Crippen LogP contribution in [0.1, 0.15) is 5.69 Å². The van der Waals surface area contributed by atoms with Gasteiger partial charge in [-0.2, -0.15) is 15.6 Å². The van der Waals surface area contributed by atoms with E-state index >= 15 is 0 Å². The molecule has 146 valence electrons. The van der Waals surface area contributed by atoms with Crippen LogP contribution in [0.25, 0.3) is 22.4 Å². The Morgan fingerprint density at radius 1 is 1.24 bits per heavy atom. The molecule has 2 N–H and O–H groups in total. The van der Waals surface area contributed by atoms with Crippen LogP contribution in [-0.4, -0.2) is 25.3 Å². The third-order valence-corrected chi connectivity index (χ3v) is 5.14. The average Bonchev–Trinajstić information content (AvgIpc) is 3.05. The SMILES string of the molecule is COc1ccc(-c2c(-c3ccccc3S(N)(=O)=O)nn(CC#N)c2C#N)cc1F. The normalized spacial score (nSPS) is 10.9. The van der Waals surface area contributed by atoms with Crippen molar-refractivity contribution in [3.63, 3.8) is 0 Å². The maximum atomic E-state index is 14.3. The molecular weight excluding hydrogens is 397 g/mol. The summed E-state index contributed by atoms with van der Waals surface area (Å²) >= 11 is 0. The van der Waals surface area contributed by atoms with Gasteiger partial charge in [0.2, 0.25) is 10.0 Å². The molecule has 1 heterocycles. The molecule has 2 aromatic carbocycles. The molecule has 0 aliphatic heterocycles. The fourth-order valence-corrected chi connectivity index (χ4v) is 3.69. The quantitative estimate of drug-likeness (QED) is 0.685. The van der Waals surface area contributed by atoms with E-state index in [0.717, 1.165) is 10.7 Å². The topological polar surface area (TPSA) is 135 Å². The second kappa shape index (κ2) is 7.72. The van der Waals surface area contributed by atoms with Gasteiger partial charge in [-0.05, 0) is 23.8 Å². The number of rotatable bonds is 5. The predicted octanol–water partition coefficient (Wildman–Crippen LogP) is 2.41. The second-order valence-electron chi connectivity index (χ2n) is 5.89. The molecule has 3 aromatic rings. The summed E-state index contributed by atoms with van der Waals surface area (Å²) in [4.78, 5) is -0.207. The number of aromatic nitrogens is 2. The third kappa shape index (κ3) is 3.67. The Morgan fingerprint density at radius 2 is 1.97 bits per heavy atom. The lowest BCUT2D eigenvalue weighted by molar-refractivity contribution is 0.386. The zero-order valence-electron chi connectivity index (χ0n) is 15.1. The van der Waals surface area contributed by atoms with Crippen LogP contribution < -0.4 is 9.88 Å². The highest BCUT2D eigenvalue weighted by molar-refractivity contribution is 7.89. The molecule has 0 saturated heterocycles. The zero-order valence-corrected chi connectivity index (χ0v) is 15.9. The number of halogens is 1. The van der Waals surface area contributed by atoms with Crippen LogP contribution in [0.3, 0.4) is 0 Å². The fourth-order valence-electron chi connectivity index (χ4n) is 2.95. The first-order chi connectivity index (χ1) is 13.8. The summed E-state index contributed by atoms with van der Waals surface area (Å²) < 4.78 is 44.5. The van der Waals surface area contributed by atoms with Crippen molar-refractivity contribution in [3.05, 3.63) is 54.0 Å². The van der Waals surface area contributed by atoms with Crippen molar-refractivity contribution in [1.82, 2.24) is 9.78 Å². The number of sulfonamides is 1. The monoisotopic (exact) mass is 411 g/mol. The molecule has 10 heteroatoms. The molecule has 0 aliphatic carbocycles. The van der Waals surface area contributed by atoms with E-state index < -0.39 is 15.8 Å². The van der Waals surface area contributed by atoms with Crippen LogP contribution in [0.5, 0.6) is 5.75 Å². The summed E-state index contributed by atoms with van der Waals surface area (Å²) in [7, 11) is -2.80. The smallest absolute Gasteiger partial charge is 0.238 e. The predicted molar refractivity (Wildman–Crippen MR) is 101 cm³/mol. The van der Waals surface area contributed by atoms with Gasteiger partial charge in [-0.1, -0.05) is 24.3 Å². The molecule has 0 atom stereocenters. The van der Waals surface area contributed by atoms with Crippen LogP contribution in [0.4, 0.5) is 4.39 Å². The molecule has 29 heavy (non-hydrogen) atoms. The van der Waals surface area contributed by atoms with Gasteiger partial charge < -0.3 is 4.74 Å². The Bertz CT molecular complexity index is 1290. The average molecular weight is 411 g/mol. The number of methoxy groups -OCH3 is 1. The molecule has 3 rings (SSSR count). The third-order valence-electron chi connectivity index (χ3n) is 4.17. The first kappa shape index (κ1) is 20.0. The van der Waals surface area contributed by atoms with Crippen molar-refractivity contribution in [2.24, 2.45) is 5.14 Å². The molecule has 1 aromatic heterocycles. The Kier molecular flexibility index (Phi) is 5.33. The molecule has 0 radical (unpaired) electrons. The number of nitriles is 2. The first-order valence-corrected chi connectivity index (χ1v) is 9.70. The summed E-state index contributed by atoms with van der Waals surface area (Å²) in [5.74, 6) is -0.671. The van der Waals surface area contributed by atoms with Crippen molar-refractivity contribution in [1.29, 1.82) is 10.5 Å². The lowest BCUT2D eigenvalue weighted by Crippen LogP contribution is -2.13. The molecule has 0 unspecified atom stereocenters. The van der Waals surface area contributed by atoms with Gasteiger partial charge in [0.25, 0.3) is 0 Å². The number of primary sulfonamides is 1. The summed E-state index contributed by atoms with van der Waals surface area (Å²) in [5.41, 5.74) is 0.652. The molecule has 8 nitrogen and oxygen atoms in total. The van der Waals surface area contributed by atoms with Crippen LogP contribution in [0.2, 0.25) is 0 Å². The lowest BCUT2D eigenvalue weighted by Gasteiger charge is -2.09. The van der Waals surface area contributed by atoms with Crippen molar-refractivity contribution >= 4 is 10.0 Å². The molecular formula is C19H14FN5O3S. The highest BCUT2D eigenvalue weighted by atomic mass is 32.2. The summed E-state index contributed by atoms with van der Waals surface area (Å²) in [6, 6.07) is 13.7. The van der Waals surface area contributed by atoms with E-state index in [1.165, 1.54) is 37.4 Å². The van der Waals surface area contributed by atoms with Gasteiger partial charge in [0.1, 0.15) is 24.0 Å². The Morgan fingerprint density at radius 3 is 2.55 bits per heavy atom. The van der Waals surface area contributed by atoms with Crippen LogP contribution in [0, 0.1) is 28.5 Å². The first-order valence-electron chi connectivity index (χ1n) is 8.15. The van der Waals surface area contributed by atoms with E-state index in [-0.39, 0.29) is 45.3 Å². The van der Waals surface area contributed by atoms with Gasteiger partial charge in [-0.3, -0.25) is 0 Å². The van der Waals surface area contributed by atoms with E-state index in [1.54, 1.807) is 6.07 Å². The molecule has 0 fully saturated rings. The number of nitrogens with two attached hydrogens (primary N) is 1. The highest BCUT2D eigenvalue weighted by Gasteiger charge is 2.25. The standard InChI is InChI=1S/C19H14FN5O3S/c1-28-16-7-6-12(10-14(16)20)18-15(11-22)25(9-8-21)24-19(18)13-4-2-3-5-17(13)29(23,26)27/h2-7,10H,9H2,1H3,(H2,23,26,27).